The van der Waals surface area contributed by atoms with Crippen molar-refractivity contribution in [1.82, 2.24) is 5.16 Å². The quantitative estimate of drug-likeness (QED) is 0.766. The number of carboxylic acids is 1. The molecule has 0 aliphatic carbocycles. The molecule has 2 rings (SSSR count). The van der Waals surface area contributed by atoms with Gasteiger partial charge in [-0.3, -0.25) is 4.79 Å². The molecule has 0 aromatic carbocycles. The summed E-state index contributed by atoms with van der Waals surface area (Å²) in [6, 6.07) is 1.78. The highest BCUT2D eigenvalue weighted by molar-refractivity contribution is 7.17. The van der Waals surface area contributed by atoms with Crippen molar-refractivity contribution in [2.24, 2.45) is 0 Å². The fourth-order valence-corrected chi connectivity index (χ4v) is 1.78. The fraction of sp³-hybridized carbons (Fsp3) is 0.143. The van der Waals surface area contributed by atoms with Gasteiger partial charge in [-0.05, 0) is 11.4 Å². The van der Waals surface area contributed by atoms with Crippen molar-refractivity contribution >= 4 is 27.6 Å². The zero-order chi connectivity index (χ0) is 8.55. The van der Waals surface area contributed by atoms with Crippen LogP contribution in [0.2, 0.25) is 0 Å². The lowest BCUT2D eigenvalue weighted by atomic mass is 10.3. The van der Waals surface area contributed by atoms with E-state index in [-0.39, 0.29) is 6.42 Å². The Labute approximate surface area is 71.4 Å². The number of rotatable bonds is 2. The Morgan fingerprint density at radius 3 is 3.33 bits per heavy atom. The van der Waals surface area contributed by atoms with Gasteiger partial charge in [0, 0.05) is 0 Å². The molecule has 4 nitrogen and oxygen atoms in total. The number of fused-ring (bicyclic) bond motifs is 1. The first-order valence-corrected chi connectivity index (χ1v) is 4.19. The minimum atomic E-state index is -0.890. The van der Waals surface area contributed by atoms with Gasteiger partial charge in [-0.15, -0.1) is 11.3 Å². The Bertz CT molecular complexity index is 417. The molecule has 0 bridgehead atoms. The van der Waals surface area contributed by atoms with Gasteiger partial charge in [0.2, 0.25) is 0 Å². The van der Waals surface area contributed by atoms with Gasteiger partial charge in [-0.1, -0.05) is 5.16 Å². The van der Waals surface area contributed by atoms with Gasteiger partial charge >= 0.3 is 5.97 Å². The summed E-state index contributed by atoms with van der Waals surface area (Å²) in [6.07, 6.45) is -0.0759. The second kappa shape index (κ2) is 2.60. The lowest BCUT2D eigenvalue weighted by Gasteiger charge is -1.85. The van der Waals surface area contributed by atoms with Gasteiger partial charge in [0.25, 0.3) is 0 Å². The van der Waals surface area contributed by atoms with Crippen molar-refractivity contribution < 1.29 is 14.4 Å². The fourth-order valence-electron chi connectivity index (χ4n) is 0.981. The Kier molecular flexibility index (Phi) is 1.58. The highest BCUT2D eigenvalue weighted by atomic mass is 32.1. The zero-order valence-corrected chi connectivity index (χ0v) is 6.80. The van der Waals surface area contributed by atoms with Crippen molar-refractivity contribution in [3.63, 3.8) is 0 Å². The highest BCUT2D eigenvalue weighted by Crippen LogP contribution is 2.24. The number of hydrogen-bond donors (Lipinski definition) is 1. The van der Waals surface area contributed by atoms with Crippen LogP contribution in [0.5, 0.6) is 0 Å². The van der Waals surface area contributed by atoms with Crippen LogP contribution in [0.25, 0.3) is 10.3 Å². The molecule has 2 heterocycles. The van der Waals surface area contributed by atoms with Crippen LogP contribution in [0.15, 0.2) is 16.0 Å². The van der Waals surface area contributed by atoms with E-state index in [1.807, 2.05) is 5.38 Å². The predicted octanol–water partition coefficient (Wildman–Crippen LogP) is 1.52. The first-order valence-electron chi connectivity index (χ1n) is 3.31. The van der Waals surface area contributed by atoms with Crippen LogP contribution in [0.4, 0.5) is 0 Å². The molecule has 0 aliphatic heterocycles. The van der Waals surface area contributed by atoms with E-state index < -0.39 is 5.97 Å². The SMILES string of the molecule is O=C(O)Cc1noc2ccsc12. The molecular weight excluding hydrogens is 178 g/mol. The van der Waals surface area contributed by atoms with Crippen molar-refractivity contribution in [2.45, 2.75) is 6.42 Å². The van der Waals surface area contributed by atoms with Gasteiger partial charge in [0.05, 0.1) is 11.1 Å². The smallest absolute Gasteiger partial charge is 0.309 e. The molecule has 5 heteroatoms. The standard InChI is InChI=1S/C7H5NO3S/c9-6(10)3-4-7-5(11-8-4)1-2-12-7/h1-2H,3H2,(H,9,10). The second-order valence-corrected chi connectivity index (χ2v) is 3.23. The topological polar surface area (TPSA) is 63.3 Å². The van der Waals surface area contributed by atoms with E-state index in [9.17, 15) is 4.79 Å². The van der Waals surface area contributed by atoms with E-state index >= 15 is 0 Å². The van der Waals surface area contributed by atoms with Crippen molar-refractivity contribution in [1.29, 1.82) is 0 Å². The normalized spacial score (nSPS) is 10.7. The number of carboxylic acid groups (broad SMARTS) is 1. The summed E-state index contributed by atoms with van der Waals surface area (Å²) >= 11 is 1.44. The summed E-state index contributed by atoms with van der Waals surface area (Å²) in [5.74, 6) is -0.890. The van der Waals surface area contributed by atoms with Crippen LogP contribution in [0.3, 0.4) is 0 Å². The molecule has 0 fully saturated rings. The number of hydrogen-bond acceptors (Lipinski definition) is 4. The van der Waals surface area contributed by atoms with Gasteiger partial charge in [-0.2, -0.15) is 0 Å². The second-order valence-electron chi connectivity index (χ2n) is 2.31. The van der Waals surface area contributed by atoms with Crippen LogP contribution in [-0.2, 0) is 11.2 Å². The molecule has 2 aromatic rings. The molecule has 62 valence electrons. The Hall–Kier alpha value is -1.36. The maximum atomic E-state index is 10.4. The maximum Gasteiger partial charge on any atom is 0.309 e. The lowest BCUT2D eigenvalue weighted by molar-refractivity contribution is -0.136. The Morgan fingerprint density at radius 1 is 1.75 bits per heavy atom. The molecule has 0 radical (unpaired) electrons. The largest absolute Gasteiger partial charge is 0.481 e. The zero-order valence-electron chi connectivity index (χ0n) is 5.98. The number of carbonyl (C=O) groups is 1. The van der Waals surface area contributed by atoms with Gasteiger partial charge < -0.3 is 9.63 Å². The first kappa shape index (κ1) is 7.30. The van der Waals surface area contributed by atoms with Gasteiger partial charge in [-0.25, -0.2) is 0 Å². The third kappa shape index (κ3) is 1.08. The molecule has 0 atom stereocenters. The van der Waals surface area contributed by atoms with Gasteiger partial charge in [0.15, 0.2) is 5.58 Å². The van der Waals surface area contributed by atoms with Crippen LogP contribution in [-0.4, -0.2) is 16.2 Å². The summed E-state index contributed by atoms with van der Waals surface area (Å²) in [5, 5.41) is 14.0. The highest BCUT2D eigenvalue weighted by Gasteiger charge is 2.11. The van der Waals surface area contributed by atoms with Crippen LogP contribution in [0.1, 0.15) is 5.69 Å². The minimum absolute atomic E-state index is 0.0759. The van der Waals surface area contributed by atoms with Crippen molar-refractivity contribution in [3.8, 4) is 0 Å². The Morgan fingerprint density at radius 2 is 2.58 bits per heavy atom. The number of thiophene rings is 1. The van der Waals surface area contributed by atoms with Gasteiger partial charge in [0.1, 0.15) is 5.69 Å². The third-order valence-corrected chi connectivity index (χ3v) is 2.41. The average Bonchev–Trinajstić information content (AvgIpc) is 2.52. The number of aromatic nitrogens is 1. The molecule has 0 saturated carbocycles. The average molecular weight is 183 g/mol. The minimum Gasteiger partial charge on any atom is -0.481 e. The molecule has 2 aromatic heterocycles. The van der Waals surface area contributed by atoms with E-state index in [2.05, 4.69) is 5.16 Å². The Balaban J connectivity index is 2.47. The van der Waals surface area contributed by atoms with Crippen molar-refractivity contribution in [3.05, 3.63) is 17.1 Å². The molecule has 12 heavy (non-hydrogen) atoms. The van der Waals surface area contributed by atoms with Crippen LogP contribution < -0.4 is 0 Å². The summed E-state index contributed by atoms with van der Waals surface area (Å²) in [5.41, 5.74) is 1.17. The van der Waals surface area contributed by atoms with E-state index in [1.165, 1.54) is 11.3 Å². The lowest BCUT2D eigenvalue weighted by Crippen LogP contribution is -1.99. The van der Waals surface area contributed by atoms with Crippen LogP contribution >= 0.6 is 11.3 Å². The molecular formula is C7H5NO3S. The monoisotopic (exact) mass is 183 g/mol. The number of aliphatic carboxylic acids is 1. The third-order valence-electron chi connectivity index (χ3n) is 1.46. The maximum absolute atomic E-state index is 10.4. The van der Waals surface area contributed by atoms with E-state index in [1.54, 1.807) is 6.07 Å². The van der Waals surface area contributed by atoms with Crippen molar-refractivity contribution in [2.75, 3.05) is 0 Å². The molecule has 0 aliphatic rings. The van der Waals surface area contributed by atoms with Crippen LogP contribution in [0, 0.1) is 0 Å². The summed E-state index contributed by atoms with van der Waals surface area (Å²) in [7, 11) is 0. The molecule has 0 amide bonds. The molecule has 0 saturated heterocycles. The summed E-state index contributed by atoms with van der Waals surface area (Å²) < 4.78 is 5.72. The molecule has 0 unspecified atom stereocenters. The summed E-state index contributed by atoms with van der Waals surface area (Å²) in [6.45, 7) is 0. The summed E-state index contributed by atoms with van der Waals surface area (Å²) in [4.78, 5) is 10.4. The van der Waals surface area contributed by atoms with E-state index in [0.717, 1.165) is 4.70 Å². The van der Waals surface area contributed by atoms with E-state index in [4.69, 9.17) is 9.63 Å². The molecule has 1 N–H and O–H groups in total. The van der Waals surface area contributed by atoms with E-state index in [0.29, 0.717) is 11.3 Å². The predicted molar refractivity (Wildman–Crippen MR) is 43.2 cm³/mol. The molecule has 0 spiro atoms. The number of nitrogens with zero attached hydrogens (tertiary/aromatic N) is 1. The first-order chi connectivity index (χ1) is 5.77.